The SMILES string of the molecule is C=C(C(=O)OCC)c1c(NC(C)=O)[nH]c2cc(Cl)ccc12. The molecule has 5 nitrogen and oxygen atoms in total. The quantitative estimate of drug-likeness (QED) is 0.672. The standard InChI is InChI=1S/C15H15ClN2O3/c1-4-21-15(20)8(2)13-11-6-5-10(16)7-12(11)18-14(13)17-9(3)19/h5-7,18H,2,4H2,1,3H3,(H,17,19). The van der Waals surface area contributed by atoms with Crippen molar-refractivity contribution in [1.29, 1.82) is 0 Å². The number of hydrogen-bond donors (Lipinski definition) is 2. The molecule has 0 atom stereocenters. The number of anilines is 1. The number of ether oxygens (including phenoxy) is 1. The normalized spacial score (nSPS) is 10.4. The lowest BCUT2D eigenvalue weighted by Gasteiger charge is -2.07. The molecule has 1 aromatic heterocycles. The number of benzene rings is 1. The van der Waals surface area contributed by atoms with E-state index < -0.39 is 5.97 Å². The molecule has 0 radical (unpaired) electrons. The molecule has 0 spiro atoms. The summed E-state index contributed by atoms with van der Waals surface area (Å²) in [5, 5.41) is 3.94. The Morgan fingerprint density at radius 3 is 2.76 bits per heavy atom. The van der Waals surface area contributed by atoms with E-state index in [4.69, 9.17) is 16.3 Å². The Hall–Kier alpha value is -2.27. The first-order valence-corrected chi connectivity index (χ1v) is 6.77. The highest BCUT2D eigenvalue weighted by Gasteiger charge is 2.20. The Bertz CT molecular complexity index is 734. The minimum absolute atomic E-state index is 0.175. The van der Waals surface area contributed by atoms with Gasteiger partial charge in [-0.2, -0.15) is 0 Å². The summed E-state index contributed by atoms with van der Waals surface area (Å²) in [6, 6.07) is 5.18. The minimum atomic E-state index is -0.528. The van der Waals surface area contributed by atoms with Crippen LogP contribution in [0.3, 0.4) is 0 Å². The zero-order valence-electron chi connectivity index (χ0n) is 11.7. The number of carbonyl (C=O) groups excluding carboxylic acids is 2. The van der Waals surface area contributed by atoms with Crippen LogP contribution in [0.4, 0.5) is 5.82 Å². The average Bonchev–Trinajstić information content (AvgIpc) is 2.74. The van der Waals surface area contributed by atoms with Crippen LogP contribution >= 0.6 is 11.6 Å². The van der Waals surface area contributed by atoms with Crippen molar-refractivity contribution in [3.8, 4) is 0 Å². The monoisotopic (exact) mass is 306 g/mol. The van der Waals surface area contributed by atoms with Gasteiger partial charge in [-0.1, -0.05) is 24.2 Å². The van der Waals surface area contributed by atoms with Gasteiger partial charge in [-0.25, -0.2) is 4.79 Å². The van der Waals surface area contributed by atoms with Gasteiger partial charge in [0.1, 0.15) is 5.82 Å². The van der Waals surface area contributed by atoms with Crippen molar-refractivity contribution in [3.63, 3.8) is 0 Å². The number of rotatable bonds is 4. The van der Waals surface area contributed by atoms with Crippen LogP contribution in [0.1, 0.15) is 19.4 Å². The van der Waals surface area contributed by atoms with Crippen LogP contribution in [0.15, 0.2) is 24.8 Å². The van der Waals surface area contributed by atoms with E-state index in [1.807, 2.05) is 0 Å². The molecule has 0 bridgehead atoms. The Labute approximate surface area is 126 Å². The number of nitrogens with one attached hydrogen (secondary N) is 2. The summed E-state index contributed by atoms with van der Waals surface area (Å²) in [7, 11) is 0. The second kappa shape index (κ2) is 6.01. The van der Waals surface area contributed by atoms with Gasteiger partial charge >= 0.3 is 5.97 Å². The number of esters is 1. The van der Waals surface area contributed by atoms with Crippen molar-refractivity contribution in [2.45, 2.75) is 13.8 Å². The molecule has 0 unspecified atom stereocenters. The molecule has 2 N–H and O–H groups in total. The molecule has 0 aliphatic heterocycles. The highest BCUT2D eigenvalue weighted by atomic mass is 35.5. The number of H-pyrrole nitrogens is 1. The summed E-state index contributed by atoms with van der Waals surface area (Å²) in [6.07, 6.45) is 0. The van der Waals surface area contributed by atoms with Gasteiger partial charge in [0, 0.05) is 28.4 Å². The molecule has 0 aliphatic rings. The van der Waals surface area contributed by atoms with Gasteiger partial charge in [-0.3, -0.25) is 4.79 Å². The minimum Gasteiger partial charge on any atom is -0.462 e. The van der Waals surface area contributed by atoms with Crippen LogP contribution in [-0.2, 0) is 14.3 Å². The summed E-state index contributed by atoms with van der Waals surface area (Å²) >= 11 is 5.96. The molecular formula is C15H15ClN2O3. The van der Waals surface area contributed by atoms with Crippen LogP contribution in [0, 0.1) is 0 Å². The van der Waals surface area contributed by atoms with Gasteiger partial charge in [0.15, 0.2) is 0 Å². The number of hydrogen-bond acceptors (Lipinski definition) is 3. The molecule has 0 aliphatic carbocycles. The molecule has 1 aromatic carbocycles. The zero-order valence-corrected chi connectivity index (χ0v) is 12.5. The van der Waals surface area contributed by atoms with E-state index in [2.05, 4.69) is 16.9 Å². The molecule has 0 fully saturated rings. The molecule has 2 aromatic rings. The molecule has 0 saturated carbocycles. The topological polar surface area (TPSA) is 71.2 Å². The number of carbonyl (C=O) groups is 2. The summed E-state index contributed by atoms with van der Waals surface area (Å²) in [5.41, 5.74) is 1.39. The maximum Gasteiger partial charge on any atom is 0.338 e. The fourth-order valence-corrected chi connectivity index (χ4v) is 2.25. The lowest BCUT2D eigenvalue weighted by molar-refractivity contribution is -0.136. The molecule has 21 heavy (non-hydrogen) atoms. The molecular weight excluding hydrogens is 292 g/mol. The maximum atomic E-state index is 11.9. The predicted molar refractivity (Wildman–Crippen MR) is 83.3 cm³/mol. The fourth-order valence-electron chi connectivity index (χ4n) is 2.07. The highest BCUT2D eigenvalue weighted by molar-refractivity contribution is 6.31. The average molecular weight is 307 g/mol. The third kappa shape index (κ3) is 3.08. The Morgan fingerprint density at radius 1 is 1.43 bits per heavy atom. The van der Waals surface area contributed by atoms with E-state index >= 15 is 0 Å². The van der Waals surface area contributed by atoms with Gasteiger partial charge in [0.25, 0.3) is 0 Å². The fraction of sp³-hybridized carbons (Fsp3) is 0.200. The van der Waals surface area contributed by atoms with Gasteiger partial charge in [-0.05, 0) is 19.1 Å². The lowest BCUT2D eigenvalue weighted by Crippen LogP contribution is -2.11. The van der Waals surface area contributed by atoms with Crippen molar-refractivity contribution in [2.75, 3.05) is 11.9 Å². The summed E-state index contributed by atoms with van der Waals surface area (Å²) in [5.74, 6) is -0.386. The van der Waals surface area contributed by atoms with E-state index in [-0.39, 0.29) is 18.1 Å². The van der Waals surface area contributed by atoms with Gasteiger partial charge in [0.2, 0.25) is 5.91 Å². The first-order valence-electron chi connectivity index (χ1n) is 6.39. The van der Waals surface area contributed by atoms with Gasteiger partial charge in [-0.15, -0.1) is 0 Å². The van der Waals surface area contributed by atoms with E-state index in [9.17, 15) is 9.59 Å². The number of halogens is 1. The molecule has 1 amide bonds. The highest BCUT2D eigenvalue weighted by Crippen LogP contribution is 2.33. The second-order valence-corrected chi connectivity index (χ2v) is 4.88. The van der Waals surface area contributed by atoms with Crippen molar-refractivity contribution in [2.24, 2.45) is 0 Å². The maximum absolute atomic E-state index is 11.9. The molecule has 1 heterocycles. The van der Waals surface area contributed by atoms with E-state index in [0.29, 0.717) is 21.9 Å². The van der Waals surface area contributed by atoms with Gasteiger partial charge < -0.3 is 15.0 Å². The third-order valence-electron chi connectivity index (χ3n) is 2.89. The number of fused-ring (bicyclic) bond motifs is 1. The van der Waals surface area contributed by atoms with Crippen LogP contribution in [0.25, 0.3) is 16.5 Å². The molecule has 110 valence electrons. The smallest absolute Gasteiger partial charge is 0.338 e. The summed E-state index contributed by atoms with van der Waals surface area (Å²) in [4.78, 5) is 26.3. The third-order valence-corrected chi connectivity index (χ3v) is 3.12. The number of aromatic amines is 1. The van der Waals surface area contributed by atoms with Crippen molar-refractivity contribution >= 4 is 45.8 Å². The van der Waals surface area contributed by atoms with Crippen molar-refractivity contribution in [3.05, 3.63) is 35.4 Å². The van der Waals surface area contributed by atoms with E-state index in [1.165, 1.54) is 6.92 Å². The Balaban J connectivity index is 2.59. The Morgan fingerprint density at radius 2 is 2.14 bits per heavy atom. The van der Waals surface area contributed by atoms with E-state index in [1.54, 1.807) is 25.1 Å². The molecule has 6 heteroatoms. The molecule has 0 saturated heterocycles. The first kappa shape index (κ1) is 15.1. The van der Waals surface area contributed by atoms with Crippen LogP contribution < -0.4 is 5.32 Å². The number of amides is 1. The molecule has 2 rings (SSSR count). The van der Waals surface area contributed by atoms with Crippen LogP contribution in [-0.4, -0.2) is 23.5 Å². The van der Waals surface area contributed by atoms with Gasteiger partial charge in [0.05, 0.1) is 12.2 Å². The Kier molecular flexibility index (Phi) is 4.33. The van der Waals surface area contributed by atoms with Crippen molar-refractivity contribution < 1.29 is 14.3 Å². The first-order chi connectivity index (χ1) is 9.93. The summed E-state index contributed by atoms with van der Waals surface area (Å²) < 4.78 is 4.97. The lowest BCUT2D eigenvalue weighted by atomic mass is 10.1. The zero-order chi connectivity index (χ0) is 15.6. The van der Waals surface area contributed by atoms with Crippen LogP contribution in [0.2, 0.25) is 5.02 Å². The second-order valence-electron chi connectivity index (χ2n) is 4.45. The van der Waals surface area contributed by atoms with Crippen LogP contribution in [0.5, 0.6) is 0 Å². The number of aromatic nitrogens is 1. The summed E-state index contributed by atoms with van der Waals surface area (Å²) in [6.45, 7) is 7.13. The van der Waals surface area contributed by atoms with Crippen molar-refractivity contribution in [1.82, 2.24) is 4.98 Å². The van der Waals surface area contributed by atoms with E-state index in [0.717, 1.165) is 5.39 Å². The predicted octanol–water partition coefficient (Wildman–Crippen LogP) is 3.36. The largest absolute Gasteiger partial charge is 0.462 e.